The Bertz CT molecular complexity index is 795. The Kier molecular flexibility index (Phi) is 5.07. The number of anilines is 3. The van der Waals surface area contributed by atoms with Gasteiger partial charge in [0.1, 0.15) is 17.4 Å². The van der Waals surface area contributed by atoms with Crippen LogP contribution in [0.5, 0.6) is 5.75 Å². The van der Waals surface area contributed by atoms with E-state index in [4.69, 9.17) is 22.6 Å². The molecule has 0 atom stereocenters. The molecule has 0 fully saturated rings. The number of carbonyl (C=O) groups is 1. The van der Waals surface area contributed by atoms with Crippen molar-refractivity contribution in [2.75, 3.05) is 16.4 Å². The van der Waals surface area contributed by atoms with Gasteiger partial charge in [-0.1, -0.05) is 11.6 Å². The van der Waals surface area contributed by atoms with Gasteiger partial charge in [0.2, 0.25) is 0 Å². The van der Waals surface area contributed by atoms with Crippen LogP contribution in [-0.2, 0) is 4.79 Å². The van der Waals surface area contributed by atoms with Gasteiger partial charge >= 0.3 is 0 Å². The third-order valence-electron chi connectivity index (χ3n) is 2.86. The molecule has 5 N–H and O–H groups in total. The maximum atomic E-state index is 12.1. The lowest BCUT2D eigenvalue weighted by Crippen LogP contribution is -2.15. The van der Waals surface area contributed by atoms with Gasteiger partial charge in [-0.2, -0.15) is 5.26 Å². The van der Waals surface area contributed by atoms with Gasteiger partial charge in [0.05, 0.1) is 10.7 Å². The summed E-state index contributed by atoms with van der Waals surface area (Å²) in [6, 6.07) is 12.6. The average molecular weight is 329 g/mol. The van der Waals surface area contributed by atoms with Crippen molar-refractivity contribution in [3.8, 4) is 11.8 Å². The number of rotatable bonds is 4. The topological polar surface area (TPSA) is 111 Å². The lowest BCUT2D eigenvalue weighted by Gasteiger charge is -2.07. The number of hydrogen-bond acceptors (Lipinski definition) is 5. The minimum atomic E-state index is -0.606. The second-order valence-electron chi connectivity index (χ2n) is 4.55. The number of amides is 1. The molecule has 0 bridgehead atoms. The number of nitrogens with zero attached hydrogens (tertiary/aromatic N) is 1. The maximum Gasteiger partial charge on any atom is 0.267 e. The Hall–Kier alpha value is -3.17. The van der Waals surface area contributed by atoms with Crippen LogP contribution in [-0.4, -0.2) is 11.0 Å². The number of hydrogen-bond donors (Lipinski definition) is 4. The fourth-order valence-electron chi connectivity index (χ4n) is 1.68. The van der Waals surface area contributed by atoms with Gasteiger partial charge in [-0.25, -0.2) is 0 Å². The standard InChI is InChI=1S/C16H13ClN4O2/c17-14-7-11(19)1-6-15(14)21-16(23)10(8-18)9-20-12-2-4-13(22)5-3-12/h1-7,9,20,22H,19H2,(H,21,23)/b10-9-. The van der Waals surface area contributed by atoms with Gasteiger partial charge in [-0.3, -0.25) is 4.79 Å². The van der Waals surface area contributed by atoms with E-state index in [0.29, 0.717) is 17.1 Å². The molecule has 0 aromatic heterocycles. The zero-order valence-corrected chi connectivity index (χ0v) is 12.6. The molecule has 0 heterocycles. The number of phenols is 1. The van der Waals surface area contributed by atoms with Gasteiger partial charge in [0.25, 0.3) is 5.91 Å². The van der Waals surface area contributed by atoms with Crippen molar-refractivity contribution in [2.24, 2.45) is 0 Å². The number of halogens is 1. The SMILES string of the molecule is N#C/C(=C/Nc1ccc(O)cc1)C(=O)Nc1ccc(N)cc1Cl. The molecule has 0 spiro atoms. The third kappa shape index (κ3) is 4.40. The van der Waals surface area contributed by atoms with Gasteiger partial charge in [0.15, 0.2) is 0 Å². The molecule has 2 rings (SSSR count). The predicted octanol–water partition coefficient (Wildman–Crippen LogP) is 3.09. The first-order valence-corrected chi connectivity index (χ1v) is 6.89. The molecular weight excluding hydrogens is 316 g/mol. The summed E-state index contributed by atoms with van der Waals surface area (Å²) in [5, 5.41) is 23.9. The van der Waals surface area contributed by atoms with Crippen LogP contribution in [0.4, 0.5) is 17.1 Å². The molecule has 0 saturated heterocycles. The van der Waals surface area contributed by atoms with Gasteiger partial charge < -0.3 is 21.5 Å². The molecule has 0 aliphatic heterocycles. The Labute approximate surface area is 137 Å². The van der Waals surface area contributed by atoms with E-state index < -0.39 is 5.91 Å². The van der Waals surface area contributed by atoms with E-state index in [-0.39, 0.29) is 16.3 Å². The van der Waals surface area contributed by atoms with E-state index in [1.165, 1.54) is 24.4 Å². The molecule has 116 valence electrons. The van der Waals surface area contributed by atoms with Crippen molar-refractivity contribution in [3.05, 3.63) is 59.3 Å². The summed E-state index contributed by atoms with van der Waals surface area (Å²) in [5.74, 6) is -0.485. The summed E-state index contributed by atoms with van der Waals surface area (Å²) in [6.07, 6.45) is 1.27. The van der Waals surface area contributed by atoms with E-state index in [1.807, 2.05) is 0 Å². The molecular formula is C16H13ClN4O2. The molecule has 0 aliphatic carbocycles. The maximum absolute atomic E-state index is 12.1. The number of phenolic OH excluding ortho intramolecular Hbond substituents is 1. The lowest BCUT2D eigenvalue weighted by atomic mass is 10.2. The van der Waals surface area contributed by atoms with Crippen molar-refractivity contribution in [1.82, 2.24) is 0 Å². The quantitative estimate of drug-likeness (QED) is 0.298. The molecule has 2 aromatic carbocycles. The summed E-state index contributed by atoms with van der Waals surface area (Å²) in [6.45, 7) is 0. The molecule has 0 saturated carbocycles. The molecule has 0 aliphatic rings. The minimum Gasteiger partial charge on any atom is -0.508 e. The molecule has 23 heavy (non-hydrogen) atoms. The normalized spacial score (nSPS) is 10.7. The van der Waals surface area contributed by atoms with E-state index in [0.717, 1.165) is 0 Å². The zero-order chi connectivity index (χ0) is 16.8. The fraction of sp³-hybridized carbons (Fsp3) is 0. The van der Waals surface area contributed by atoms with Crippen LogP contribution in [0.25, 0.3) is 0 Å². The number of benzene rings is 2. The number of aromatic hydroxyl groups is 1. The smallest absolute Gasteiger partial charge is 0.267 e. The second kappa shape index (κ2) is 7.20. The van der Waals surface area contributed by atoms with Crippen molar-refractivity contribution in [3.63, 3.8) is 0 Å². The van der Waals surface area contributed by atoms with Gasteiger partial charge in [0, 0.05) is 17.6 Å². The summed E-state index contributed by atoms with van der Waals surface area (Å²) in [4.78, 5) is 12.1. The van der Waals surface area contributed by atoms with Crippen molar-refractivity contribution in [1.29, 1.82) is 5.26 Å². The Balaban J connectivity index is 2.10. The van der Waals surface area contributed by atoms with E-state index in [9.17, 15) is 9.90 Å². The highest BCUT2D eigenvalue weighted by atomic mass is 35.5. The van der Waals surface area contributed by atoms with Gasteiger partial charge in [-0.05, 0) is 42.5 Å². The summed E-state index contributed by atoms with van der Waals surface area (Å²) >= 11 is 5.97. The van der Waals surface area contributed by atoms with Crippen LogP contribution >= 0.6 is 11.6 Å². The third-order valence-corrected chi connectivity index (χ3v) is 3.17. The first-order valence-electron chi connectivity index (χ1n) is 6.52. The van der Waals surface area contributed by atoms with Crippen molar-refractivity contribution in [2.45, 2.75) is 0 Å². The van der Waals surface area contributed by atoms with Crippen LogP contribution in [0.15, 0.2) is 54.2 Å². The van der Waals surface area contributed by atoms with E-state index >= 15 is 0 Å². The highest BCUT2D eigenvalue weighted by molar-refractivity contribution is 6.34. The number of nitrogen functional groups attached to an aromatic ring is 1. The zero-order valence-electron chi connectivity index (χ0n) is 11.9. The number of nitriles is 1. The molecule has 2 aromatic rings. The summed E-state index contributed by atoms with van der Waals surface area (Å²) in [5.41, 5.74) is 6.89. The van der Waals surface area contributed by atoms with E-state index in [2.05, 4.69) is 10.6 Å². The largest absolute Gasteiger partial charge is 0.508 e. The Morgan fingerprint density at radius 2 is 1.96 bits per heavy atom. The van der Waals surface area contributed by atoms with E-state index in [1.54, 1.807) is 30.3 Å². The van der Waals surface area contributed by atoms with Crippen molar-refractivity contribution < 1.29 is 9.90 Å². The lowest BCUT2D eigenvalue weighted by molar-refractivity contribution is -0.112. The number of carbonyl (C=O) groups excluding carboxylic acids is 1. The first-order chi connectivity index (χ1) is 11.0. The summed E-state index contributed by atoms with van der Waals surface area (Å²) in [7, 11) is 0. The minimum absolute atomic E-state index is 0.121. The summed E-state index contributed by atoms with van der Waals surface area (Å²) < 4.78 is 0. The Morgan fingerprint density at radius 3 is 2.57 bits per heavy atom. The second-order valence-corrected chi connectivity index (χ2v) is 4.96. The predicted molar refractivity (Wildman–Crippen MR) is 89.9 cm³/mol. The Morgan fingerprint density at radius 1 is 1.26 bits per heavy atom. The average Bonchev–Trinajstić information content (AvgIpc) is 2.52. The van der Waals surface area contributed by atoms with Crippen LogP contribution < -0.4 is 16.4 Å². The van der Waals surface area contributed by atoms with Gasteiger partial charge in [-0.15, -0.1) is 0 Å². The van der Waals surface area contributed by atoms with Crippen LogP contribution in [0, 0.1) is 11.3 Å². The first kappa shape index (κ1) is 16.2. The molecule has 6 nitrogen and oxygen atoms in total. The van der Waals surface area contributed by atoms with Crippen LogP contribution in [0.1, 0.15) is 0 Å². The number of nitrogens with one attached hydrogen (secondary N) is 2. The monoisotopic (exact) mass is 328 g/mol. The molecule has 0 unspecified atom stereocenters. The molecule has 7 heteroatoms. The number of nitrogens with two attached hydrogens (primary N) is 1. The molecule has 0 radical (unpaired) electrons. The van der Waals surface area contributed by atoms with Crippen molar-refractivity contribution >= 4 is 34.6 Å². The van der Waals surface area contributed by atoms with Crippen LogP contribution in [0.3, 0.4) is 0 Å². The fourth-order valence-corrected chi connectivity index (χ4v) is 1.92. The molecule has 1 amide bonds. The highest BCUT2D eigenvalue weighted by Gasteiger charge is 2.11. The highest BCUT2D eigenvalue weighted by Crippen LogP contribution is 2.24. The van der Waals surface area contributed by atoms with Crippen LogP contribution in [0.2, 0.25) is 5.02 Å².